The van der Waals surface area contributed by atoms with Crippen LogP contribution in [0.3, 0.4) is 0 Å². The molecule has 0 fully saturated rings. The van der Waals surface area contributed by atoms with Crippen molar-refractivity contribution >= 4 is 6.08 Å². The molecule has 0 radical (unpaired) electrons. The van der Waals surface area contributed by atoms with E-state index in [0.29, 0.717) is 28.6 Å². The van der Waals surface area contributed by atoms with E-state index in [1.807, 2.05) is 6.07 Å². The number of hydrogen-bond acceptors (Lipinski definition) is 7. The Balaban J connectivity index is 2.30. The van der Waals surface area contributed by atoms with E-state index in [-0.39, 0.29) is 6.61 Å². The van der Waals surface area contributed by atoms with Crippen LogP contribution in [-0.4, -0.2) is 54.0 Å². The predicted molar refractivity (Wildman–Crippen MR) is 100 cm³/mol. The normalized spacial score (nSPS) is 13.4. The van der Waals surface area contributed by atoms with Crippen molar-refractivity contribution in [3.63, 3.8) is 0 Å². The van der Waals surface area contributed by atoms with Crippen LogP contribution in [-0.2, 0) is 0 Å². The third kappa shape index (κ3) is 5.21. The lowest BCUT2D eigenvalue weighted by Crippen LogP contribution is -2.22. The maximum atomic E-state index is 10.0. The summed E-state index contributed by atoms with van der Waals surface area (Å²) in [5, 5.41) is 37.5. The minimum Gasteiger partial charge on any atom is -0.493 e. The van der Waals surface area contributed by atoms with E-state index in [9.17, 15) is 10.2 Å². The van der Waals surface area contributed by atoms with Crippen LogP contribution in [0.25, 0.3) is 6.08 Å². The minimum atomic E-state index is -1.29. The van der Waals surface area contributed by atoms with E-state index in [1.165, 1.54) is 20.3 Å². The zero-order chi connectivity index (χ0) is 19.8. The first-order chi connectivity index (χ1) is 13.0. The lowest BCUT2D eigenvalue weighted by atomic mass is 10.0. The van der Waals surface area contributed by atoms with E-state index >= 15 is 0 Å². The molecule has 0 bridgehead atoms. The SMILES string of the molecule is COc1cc(/C=C/CO)ccc1Oc1ccc([C@H](O)[C@@H](O)CO)cc1OC. The molecule has 27 heavy (non-hydrogen) atoms. The van der Waals surface area contributed by atoms with E-state index in [1.54, 1.807) is 36.4 Å². The van der Waals surface area contributed by atoms with E-state index < -0.39 is 18.8 Å². The second kappa shape index (κ2) is 9.94. The maximum Gasteiger partial charge on any atom is 0.169 e. The standard InChI is InChI=1S/C20H24O7/c1-25-18-10-13(4-3-9-21)5-7-16(18)27-17-8-6-14(11-19(17)26-2)20(24)15(23)12-22/h3-8,10-11,15,20-24H,9,12H2,1-2H3/b4-3+/t15-,20-/m0/s1. The molecule has 0 aliphatic heterocycles. The fraction of sp³-hybridized carbons (Fsp3) is 0.300. The molecule has 0 heterocycles. The minimum absolute atomic E-state index is 0.0546. The molecule has 0 saturated heterocycles. The second-order valence-electron chi connectivity index (χ2n) is 5.70. The second-order valence-corrected chi connectivity index (χ2v) is 5.70. The van der Waals surface area contributed by atoms with Gasteiger partial charge in [0.1, 0.15) is 12.2 Å². The topological polar surface area (TPSA) is 109 Å². The van der Waals surface area contributed by atoms with Gasteiger partial charge in [-0.1, -0.05) is 24.3 Å². The molecular weight excluding hydrogens is 352 g/mol. The molecule has 4 N–H and O–H groups in total. The average Bonchev–Trinajstić information content (AvgIpc) is 2.71. The van der Waals surface area contributed by atoms with Crippen LogP contribution in [0.1, 0.15) is 17.2 Å². The molecule has 2 rings (SSSR count). The molecule has 7 nitrogen and oxygen atoms in total. The fourth-order valence-electron chi connectivity index (χ4n) is 2.45. The molecular formula is C20H24O7. The maximum absolute atomic E-state index is 10.0. The number of rotatable bonds is 9. The summed E-state index contributed by atoms with van der Waals surface area (Å²) in [6.45, 7) is -0.614. The van der Waals surface area contributed by atoms with Crippen molar-refractivity contribution in [3.05, 3.63) is 53.6 Å². The first-order valence-electron chi connectivity index (χ1n) is 8.32. The molecule has 0 unspecified atom stereocenters. The molecule has 0 amide bonds. The molecule has 146 valence electrons. The zero-order valence-corrected chi connectivity index (χ0v) is 15.2. The van der Waals surface area contributed by atoms with Crippen LogP contribution >= 0.6 is 0 Å². The van der Waals surface area contributed by atoms with Gasteiger partial charge in [0, 0.05) is 0 Å². The Morgan fingerprint density at radius 1 is 0.889 bits per heavy atom. The number of benzene rings is 2. The Morgan fingerprint density at radius 3 is 2.11 bits per heavy atom. The molecule has 2 aromatic carbocycles. The van der Waals surface area contributed by atoms with Crippen LogP contribution < -0.4 is 14.2 Å². The summed E-state index contributed by atoms with van der Waals surface area (Å²) >= 11 is 0. The lowest BCUT2D eigenvalue weighted by Gasteiger charge is -2.18. The summed E-state index contributed by atoms with van der Waals surface area (Å²) in [4.78, 5) is 0. The van der Waals surface area contributed by atoms with Gasteiger partial charge in [-0.05, 0) is 35.4 Å². The monoisotopic (exact) mass is 376 g/mol. The van der Waals surface area contributed by atoms with E-state index in [0.717, 1.165) is 5.56 Å². The van der Waals surface area contributed by atoms with Gasteiger partial charge in [-0.15, -0.1) is 0 Å². The molecule has 2 aromatic rings. The Hall–Kier alpha value is -2.58. The van der Waals surface area contributed by atoms with Crippen molar-refractivity contribution in [1.82, 2.24) is 0 Å². The summed E-state index contributed by atoms with van der Waals surface area (Å²) in [5.41, 5.74) is 1.23. The van der Waals surface area contributed by atoms with Crippen LogP contribution in [0.5, 0.6) is 23.0 Å². The highest BCUT2D eigenvalue weighted by Gasteiger charge is 2.20. The summed E-state index contributed by atoms with van der Waals surface area (Å²) in [7, 11) is 2.98. The smallest absolute Gasteiger partial charge is 0.169 e. The number of methoxy groups -OCH3 is 2. The first-order valence-corrected chi connectivity index (χ1v) is 8.32. The largest absolute Gasteiger partial charge is 0.493 e. The van der Waals surface area contributed by atoms with Crippen LogP contribution in [0, 0.1) is 0 Å². The van der Waals surface area contributed by atoms with Gasteiger partial charge in [-0.3, -0.25) is 0 Å². The highest BCUT2D eigenvalue weighted by atomic mass is 16.5. The Kier molecular flexibility index (Phi) is 7.63. The Bertz CT molecular complexity index is 773. The lowest BCUT2D eigenvalue weighted by molar-refractivity contribution is -0.0153. The summed E-state index contributed by atoms with van der Waals surface area (Å²) in [5.74, 6) is 1.70. The Morgan fingerprint density at radius 2 is 1.52 bits per heavy atom. The van der Waals surface area contributed by atoms with Crippen molar-refractivity contribution in [2.45, 2.75) is 12.2 Å². The van der Waals surface area contributed by atoms with Gasteiger partial charge < -0.3 is 34.6 Å². The van der Waals surface area contributed by atoms with Gasteiger partial charge in [0.05, 0.1) is 27.4 Å². The third-order valence-corrected chi connectivity index (χ3v) is 3.90. The molecule has 0 aliphatic carbocycles. The van der Waals surface area contributed by atoms with Crippen molar-refractivity contribution in [3.8, 4) is 23.0 Å². The zero-order valence-electron chi connectivity index (χ0n) is 15.2. The summed E-state index contributed by atoms with van der Waals surface area (Å²) < 4.78 is 16.6. The van der Waals surface area contributed by atoms with Crippen LogP contribution in [0.2, 0.25) is 0 Å². The number of hydrogen-bond donors (Lipinski definition) is 4. The van der Waals surface area contributed by atoms with Crippen molar-refractivity contribution < 1.29 is 34.6 Å². The molecule has 0 aromatic heterocycles. The summed E-state index contributed by atoms with van der Waals surface area (Å²) in [6.07, 6.45) is 0.838. The van der Waals surface area contributed by atoms with Crippen LogP contribution in [0.15, 0.2) is 42.5 Å². The van der Waals surface area contributed by atoms with Crippen molar-refractivity contribution in [2.75, 3.05) is 27.4 Å². The average molecular weight is 376 g/mol. The predicted octanol–water partition coefficient (Wildman–Crippen LogP) is 1.89. The summed E-state index contributed by atoms with van der Waals surface area (Å²) in [6, 6.07) is 10.0. The first kappa shape index (κ1) is 20.7. The third-order valence-electron chi connectivity index (χ3n) is 3.90. The van der Waals surface area contributed by atoms with Crippen LogP contribution in [0.4, 0.5) is 0 Å². The van der Waals surface area contributed by atoms with Crippen molar-refractivity contribution in [2.24, 2.45) is 0 Å². The van der Waals surface area contributed by atoms with Gasteiger partial charge in [0.2, 0.25) is 0 Å². The van der Waals surface area contributed by atoms with Gasteiger partial charge in [0.25, 0.3) is 0 Å². The highest BCUT2D eigenvalue weighted by Crippen LogP contribution is 2.38. The van der Waals surface area contributed by atoms with Gasteiger partial charge in [-0.25, -0.2) is 0 Å². The quantitative estimate of drug-likeness (QED) is 0.529. The van der Waals surface area contributed by atoms with E-state index in [2.05, 4.69) is 0 Å². The molecule has 0 spiro atoms. The van der Waals surface area contributed by atoms with Gasteiger partial charge in [0.15, 0.2) is 23.0 Å². The molecule has 0 saturated carbocycles. The highest BCUT2D eigenvalue weighted by molar-refractivity contribution is 5.57. The van der Waals surface area contributed by atoms with E-state index in [4.69, 9.17) is 24.4 Å². The number of aliphatic hydroxyl groups is 4. The fourth-order valence-corrected chi connectivity index (χ4v) is 2.45. The molecule has 7 heteroatoms. The Labute approximate surface area is 157 Å². The molecule has 0 aliphatic rings. The molecule has 2 atom stereocenters. The number of ether oxygens (including phenoxy) is 3. The van der Waals surface area contributed by atoms with Crippen molar-refractivity contribution in [1.29, 1.82) is 0 Å². The van der Waals surface area contributed by atoms with Gasteiger partial charge >= 0.3 is 0 Å². The number of aliphatic hydroxyl groups excluding tert-OH is 4. The van der Waals surface area contributed by atoms with Gasteiger partial charge in [-0.2, -0.15) is 0 Å².